The number of nitrogens with one attached hydrogen (secondary N) is 1. The zero-order valence-corrected chi connectivity index (χ0v) is 8.41. The van der Waals surface area contributed by atoms with Gasteiger partial charge < -0.3 is 14.8 Å². The van der Waals surface area contributed by atoms with Gasteiger partial charge in [-0.2, -0.15) is 0 Å². The Labute approximate surface area is 88.2 Å². The van der Waals surface area contributed by atoms with Crippen LogP contribution in [0.3, 0.4) is 0 Å². The fourth-order valence-electron chi connectivity index (χ4n) is 1.47. The van der Waals surface area contributed by atoms with Crippen molar-refractivity contribution >= 4 is 0 Å². The molecule has 0 radical (unpaired) electrons. The van der Waals surface area contributed by atoms with Gasteiger partial charge >= 0.3 is 0 Å². The summed E-state index contributed by atoms with van der Waals surface area (Å²) in [5, 5.41) is 3.19. The van der Waals surface area contributed by atoms with Crippen LogP contribution in [0, 0.1) is 5.82 Å². The molecule has 1 fully saturated rings. The third-order valence-corrected chi connectivity index (χ3v) is 2.27. The molecule has 1 aliphatic heterocycles. The lowest BCUT2D eigenvalue weighted by Crippen LogP contribution is -2.41. The van der Waals surface area contributed by atoms with E-state index < -0.39 is 0 Å². The van der Waals surface area contributed by atoms with Crippen LogP contribution in [0.4, 0.5) is 4.39 Å². The van der Waals surface area contributed by atoms with Gasteiger partial charge in [-0.15, -0.1) is 0 Å². The highest BCUT2D eigenvalue weighted by Gasteiger charge is 2.14. The van der Waals surface area contributed by atoms with Crippen molar-refractivity contribution in [2.45, 2.75) is 6.10 Å². The van der Waals surface area contributed by atoms with Crippen LogP contribution in [0.1, 0.15) is 0 Å². The van der Waals surface area contributed by atoms with E-state index in [2.05, 4.69) is 5.32 Å². The third kappa shape index (κ3) is 2.91. The average molecular weight is 211 g/mol. The van der Waals surface area contributed by atoms with Crippen molar-refractivity contribution in [1.29, 1.82) is 0 Å². The normalized spacial score (nSPS) is 21.3. The second-order valence-corrected chi connectivity index (χ2v) is 3.44. The number of rotatable bonds is 3. The molecule has 82 valence electrons. The van der Waals surface area contributed by atoms with Crippen molar-refractivity contribution in [3.05, 3.63) is 30.1 Å². The van der Waals surface area contributed by atoms with E-state index in [1.165, 1.54) is 6.07 Å². The first kappa shape index (κ1) is 10.4. The lowest BCUT2D eigenvalue weighted by atomic mass is 10.3. The molecule has 0 amide bonds. The van der Waals surface area contributed by atoms with E-state index in [0.29, 0.717) is 13.2 Å². The largest absolute Gasteiger partial charge is 0.488 e. The third-order valence-electron chi connectivity index (χ3n) is 2.27. The second-order valence-electron chi connectivity index (χ2n) is 3.44. The van der Waals surface area contributed by atoms with Crippen molar-refractivity contribution < 1.29 is 13.9 Å². The lowest BCUT2D eigenvalue weighted by Gasteiger charge is -2.23. The van der Waals surface area contributed by atoms with Crippen molar-refractivity contribution in [1.82, 2.24) is 5.32 Å². The molecule has 1 saturated heterocycles. The topological polar surface area (TPSA) is 30.5 Å². The van der Waals surface area contributed by atoms with Crippen molar-refractivity contribution in [3.8, 4) is 5.75 Å². The molecule has 2 rings (SSSR count). The highest BCUT2D eigenvalue weighted by atomic mass is 19.1. The van der Waals surface area contributed by atoms with E-state index >= 15 is 0 Å². The molecule has 4 heteroatoms. The molecule has 0 spiro atoms. The number of benzene rings is 1. The number of hydrogen-bond acceptors (Lipinski definition) is 3. The molecule has 1 aromatic rings. The first-order chi connectivity index (χ1) is 7.36. The predicted octanol–water partition coefficient (Wildman–Crippen LogP) is 1.19. The molecule has 3 nitrogen and oxygen atoms in total. The fourth-order valence-corrected chi connectivity index (χ4v) is 1.47. The SMILES string of the molecule is Fc1ccccc1OC[C@@H]1CNCCO1. The Morgan fingerprint density at radius 1 is 1.47 bits per heavy atom. The maximum Gasteiger partial charge on any atom is 0.165 e. The Hall–Kier alpha value is -1.13. The highest BCUT2D eigenvalue weighted by molar-refractivity contribution is 5.23. The van der Waals surface area contributed by atoms with Gasteiger partial charge in [-0.1, -0.05) is 12.1 Å². The van der Waals surface area contributed by atoms with Gasteiger partial charge in [-0.3, -0.25) is 0 Å². The summed E-state index contributed by atoms with van der Waals surface area (Å²) in [5.74, 6) is -0.0482. The Balaban J connectivity index is 1.84. The summed E-state index contributed by atoms with van der Waals surface area (Å²) in [6.07, 6.45) is 0.0124. The highest BCUT2D eigenvalue weighted by Crippen LogP contribution is 2.15. The fraction of sp³-hybridized carbons (Fsp3) is 0.455. The number of para-hydroxylation sites is 1. The summed E-state index contributed by atoms with van der Waals surface area (Å²) in [5.41, 5.74) is 0. The van der Waals surface area contributed by atoms with Crippen molar-refractivity contribution in [2.75, 3.05) is 26.3 Å². The molecule has 15 heavy (non-hydrogen) atoms. The molecular formula is C11H14FNO2. The molecule has 0 aliphatic carbocycles. The van der Waals surface area contributed by atoms with Gasteiger partial charge in [0.1, 0.15) is 12.7 Å². The van der Waals surface area contributed by atoms with Gasteiger partial charge in [0.25, 0.3) is 0 Å². The minimum atomic E-state index is -0.332. The smallest absolute Gasteiger partial charge is 0.165 e. The standard InChI is InChI=1S/C11H14FNO2/c12-10-3-1-2-4-11(10)15-8-9-7-13-5-6-14-9/h1-4,9,13H,5-8H2/t9-/m0/s1. The van der Waals surface area contributed by atoms with Gasteiger partial charge in [0, 0.05) is 13.1 Å². The minimum Gasteiger partial charge on any atom is -0.488 e. The molecule has 1 atom stereocenters. The van der Waals surface area contributed by atoms with Gasteiger partial charge in [0.2, 0.25) is 0 Å². The summed E-state index contributed by atoms with van der Waals surface area (Å²) in [4.78, 5) is 0. The van der Waals surface area contributed by atoms with Crippen LogP contribution in [-0.4, -0.2) is 32.4 Å². The second kappa shape index (κ2) is 5.09. The molecule has 1 aromatic carbocycles. The van der Waals surface area contributed by atoms with Crippen molar-refractivity contribution in [2.24, 2.45) is 0 Å². The monoisotopic (exact) mass is 211 g/mol. The van der Waals surface area contributed by atoms with Crippen molar-refractivity contribution in [3.63, 3.8) is 0 Å². The van der Waals surface area contributed by atoms with Crippen LogP contribution in [0.2, 0.25) is 0 Å². The first-order valence-electron chi connectivity index (χ1n) is 5.06. The molecule has 0 aromatic heterocycles. The zero-order valence-electron chi connectivity index (χ0n) is 8.41. The lowest BCUT2D eigenvalue weighted by molar-refractivity contribution is -0.000537. The molecule has 0 bridgehead atoms. The quantitative estimate of drug-likeness (QED) is 0.814. The minimum absolute atomic E-state index is 0.0124. The number of morpholine rings is 1. The summed E-state index contributed by atoms with van der Waals surface area (Å²) < 4.78 is 23.9. The van der Waals surface area contributed by atoms with E-state index in [0.717, 1.165) is 13.1 Å². The number of halogens is 1. The molecule has 0 saturated carbocycles. The summed E-state index contributed by atoms with van der Waals surface area (Å²) in [7, 11) is 0. The molecule has 0 unspecified atom stereocenters. The van der Waals surface area contributed by atoms with Crippen LogP contribution in [0.25, 0.3) is 0 Å². The van der Waals surface area contributed by atoms with Gasteiger partial charge in [-0.25, -0.2) is 4.39 Å². The van der Waals surface area contributed by atoms with Crippen LogP contribution in [0.15, 0.2) is 24.3 Å². The molecule has 1 heterocycles. The summed E-state index contributed by atoms with van der Waals surface area (Å²) in [6.45, 7) is 2.70. The van der Waals surface area contributed by atoms with Gasteiger partial charge in [-0.05, 0) is 12.1 Å². The van der Waals surface area contributed by atoms with Gasteiger partial charge in [0.15, 0.2) is 11.6 Å². The van der Waals surface area contributed by atoms with E-state index in [1.54, 1.807) is 18.2 Å². The first-order valence-corrected chi connectivity index (χ1v) is 5.06. The van der Waals surface area contributed by atoms with E-state index in [9.17, 15) is 4.39 Å². The average Bonchev–Trinajstić information content (AvgIpc) is 2.29. The van der Waals surface area contributed by atoms with E-state index in [4.69, 9.17) is 9.47 Å². The Morgan fingerprint density at radius 3 is 3.07 bits per heavy atom. The maximum absolute atomic E-state index is 13.2. The number of hydrogen-bond donors (Lipinski definition) is 1. The summed E-state index contributed by atoms with van der Waals surface area (Å²) >= 11 is 0. The van der Waals surface area contributed by atoms with E-state index in [1.807, 2.05) is 0 Å². The van der Waals surface area contributed by atoms with Crippen LogP contribution < -0.4 is 10.1 Å². The molecular weight excluding hydrogens is 197 g/mol. The van der Waals surface area contributed by atoms with Crippen LogP contribution >= 0.6 is 0 Å². The Bertz CT molecular complexity index is 313. The molecule has 1 aliphatic rings. The van der Waals surface area contributed by atoms with E-state index in [-0.39, 0.29) is 17.7 Å². The predicted molar refractivity (Wildman–Crippen MR) is 54.5 cm³/mol. The Morgan fingerprint density at radius 2 is 2.33 bits per heavy atom. The number of ether oxygens (including phenoxy) is 2. The Kier molecular flexibility index (Phi) is 3.53. The van der Waals surface area contributed by atoms with Crippen LogP contribution in [0.5, 0.6) is 5.75 Å². The van der Waals surface area contributed by atoms with Gasteiger partial charge in [0.05, 0.1) is 6.61 Å². The molecule has 1 N–H and O–H groups in total. The maximum atomic E-state index is 13.2. The zero-order chi connectivity index (χ0) is 10.5. The summed E-state index contributed by atoms with van der Waals surface area (Å²) in [6, 6.07) is 6.39. The van der Waals surface area contributed by atoms with Crippen LogP contribution in [-0.2, 0) is 4.74 Å².